The Kier molecular flexibility index (Phi) is 40.0. The standard InChI is InChI=1S/C48H76NO11P/c1-2-3-4-5-6-7-8-9-10-11-12-14-18-21-24-27-30-33-36-39-47(52)60-44(42-58-61(55,56)59-43-45(49)48(53)54)41-57-46(51)38-35-32-29-26-23-20-17-15-13-16-19-22-25-28-31-34-37-40-50/h3-4,6-7,9-10,12-14,16-17,20-22,24-26,29,44-45,50H,2,5,8,11,15,18-19,23,27-28,30-43,49H2,1H3,(H,53,54)(H,55,56)/b4-3-,7-6-,10-9-,14-12-,16-13-,20-17-,24-21-,25-22-,29-26-/t44-,45+/m1/s1. The van der Waals surface area contributed by atoms with Crippen LogP contribution in [0, 0.1) is 0 Å². The number of aliphatic hydroxyl groups excluding tert-OH is 1. The van der Waals surface area contributed by atoms with Gasteiger partial charge in [-0.05, 0) is 103 Å². The quantitative estimate of drug-likeness (QED) is 0.0197. The van der Waals surface area contributed by atoms with Gasteiger partial charge in [0.25, 0.3) is 0 Å². The Morgan fingerprint density at radius 3 is 1.41 bits per heavy atom. The molecule has 0 amide bonds. The van der Waals surface area contributed by atoms with E-state index in [1.807, 2.05) is 12.2 Å². The summed E-state index contributed by atoms with van der Waals surface area (Å²) in [5.74, 6) is -2.53. The Balaban J connectivity index is 4.53. The summed E-state index contributed by atoms with van der Waals surface area (Å²) >= 11 is 0. The third kappa shape index (κ3) is 42.6. The second kappa shape index (κ2) is 42.8. The van der Waals surface area contributed by atoms with Crippen LogP contribution in [-0.4, -0.2) is 71.6 Å². The number of carboxylic acids is 1. The van der Waals surface area contributed by atoms with Crippen LogP contribution >= 0.6 is 7.82 Å². The Morgan fingerprint density at radius 1 is 0.541 bits per heavy atom. The van der Waals surface area contributed by atoms with E-state index in [2.05, 4.69) is 109 Å². The third-order valence-corrected chi connectivity index (χ3v) is 9.51. The fraction of sp³-hybridized carbons (Fsp3) is 0.562. The molecular formula is C48H76NO11P. The first-order valence-corrected chi connectivity index (χ1v) is 23.5. The summed E-state index contributed by atoms with van der Waals surface area (Å²) in [7, 11) is -4.75. The summed E-state index contributed by atoms with van der Waals surface area (Å²) in [4.78, 5) is 46.0. The largest absolute Gasteiger partial charge is 0.480 e. The van der Waals surface area contributed by atoms with Crippen LogP contribution in [0.2, 0.25) is 0 Å². The number of carboxylic acid groups (broad SMARTS) is 1. The number of esters is 2. The number of phosphoric acid groups is 1. The van der Waals surface area contributed by atoms with E-state index in [1.165, 1.54) is 0 Å². The van der Waals surface area contributed by atoms with E-state index in [0.29, 0.717) is 19.3 Å². The van der Waals surface area contributed by atoms with Gasteiger partial charge in [0.15, 0.2) is 6.10 Å². The number of nitrogens with two attached hydrogens (primary N) is 1. The number of rotatable bonds is 40. The summed E-state index contributed by atoms with van der Waals surface area (Å²) in [5.41, 5.74) is 5.33. The van der Waals surface area contributed by atoms with Crippen LogP contribution in [0.4, 0.5) is 0 Å². The molecule has 1 unspecified atom stereocenters. The van der Waals surface area contributed by atoms with Gasteiger partial charge in [-0.1, -0.05) is 129 Å². The molecule has 0 rings (SSSR count). The van der Waals surface area contributed by atoms with Crippen molar-refractivity contribution in [1.82, 2.24) is 0 Å². The summed E-state index contributed by atoms with van der Waals surface area (Å²) in [6, 6.07) is -1.55. The molecule has 5 N–H and O–H groups in total. The predicted octanol–water partition coefficient (Wildman–Crippen LogP) is 10.8. The van der Waals surface area contributed by atoms with Gasteiger partial charge in [0, 0.05) is 19.4 Å². The number of carbonyl (C=O) groups excluding carboxylic acids is 2. The van der Waals surface area contributed by atoms with Crippen molar-refractivity contribution in [2.45, 2.75) is 147 Å². The molecule has 0 aromatic heterocycles. The molecule has 0 spiro atoms. The number of hydrogen-bond donors (Lipinski definition) is 4. The molecule has 0 fully saturated rings. The van der Waals surface area contributed by atoms with E-state index in [0.717, 1.165) is 96.3 Å². The molecule has 13 heteroatoms. The Labute approximate surface area is 366 Å². The normalized spacial score (nSPS) is 14.7. The zero-order valence-electron chi connectivity index (χ0n) is 36.6. The maximum absolute atomic E-state index is 12.6. The summed E-state index contributed by atoms with van der Waals surface area (Å²) < 4.78 is 32.6. The van der Waals surface area contributed by atoms with Gasteiger partial charge in [0.1, 0.15) is 12.6 Å². The first-order chi connectivity index (χ1) is 29.6. The zero-order chi connectivity index (χ0) is 44.9. The van der Waals surface area contributed by atoms with Crippen molar-refractivity contribution in [3.8, 4) is 0 Å². The van der Waals surface area contributed by atoms with E-state index >= 15 is 0 Å². The number of ether oxygens (including phenoxy) is 2. The van der Waals surface area contributed by atoms with Crippen molar-refractivity contribution in [3.63, 3.8) is 0 Å². The van der Waals surface area contributed by atoms with Gasteiger partial charge in [0.05, 0.1) is 13.2 Å². The van der Waals surface area contributed by atoms with Crippen molar-refractivity contribution < 1.29 is 52.6 Å². The van der Waals surface area contributed by atoms with E-state index in [4.69, 9.17) is 29.9 Å². The molecular weight excluding hydrogens is 797 g/mol. The summed E-state index contributed by atoms with van der Waals surface area (Å²) in [5, 5.41) is 17.7. The SMILES string of the molecule is CC/C=C\C/C=C\C/C=C\C/C=C\C/C=C\CCCCCC(=O)O[C@H](COC(=O)CCC/C=C\C/C=C\C/C=C\C/C=C\CCCCCO)COP(=O)(O)OC[C@H](N)C(=O)O. The average molecular weight is 874 g/mol. The molecule has 0 aliphatic rings. The fourth-order valence-electron chi connectivity index (χ4n) is 5.12. The van der Waals surface area contributed by atoms with Crippen LogP contribution in [0.5, 0.6) is 0 Å². The number of unbranched alkanes of at least 4 members (excludes halogenated alkanes) is 7. The van der Waals surface area contributed by atoms with Crippen LogP contribution in [-0.2, 0) is 37.5 Å². The van der Waals surface area contributed by atoms with E-state index in [9.17, 15) is 23.8 Å². The molecule has 0 bridgehead atoms. The Morgan fingerprint density at radius 2 is 0.951 bits per heavy atom. The molecule has 0 saturated carbocycles. The highest BCUT2D eigenvalue weighted by atomic mass is 31.2. The smallest absolute Gasteiger partial charge is 0.472 e. The van der Waals surface area contributed by atoms with Crippen LogP contribution in [0.1, 0.15) is 135 Å². The highest BCUT2D eigenvalue weighted by molar-refractivity contribution is 7.47. The molecule has 0 aromatic rings. The molecule has 0 aliphatic carbocycles. The second-order valence-electron chi connectivity index (χ2n) is 14.2. The van der Waals surface area contributed by atoms with Crippen molar-refractivity contribution in [1.29, 1.82) is 0 Å². The minimum Gasteiger partial charge on any atom is -0.480 e. The average Bonchev–Trinajstić information content (AvgIpc) is 3.24. The number of carbonyl (C=O) groups is 3. The fourth-order valence-corrected chi connectivity index (χ4v) is 5.90. The zero-order valence-corrected chi connectivity index (χ0v) is 37.5. The number of aliphatic hydroxyl groups is 1. The second-order valence-corrected chi connectivity index (χ2v) is 15.6. The molecule has 0 aliphatic heterocycles. The molecule has 344 valence electrons. The van der Waals surface area contributed by atoms with Crippen molar-refractivity contribution in [2.75, 3.05) is 26.4 Å². The van der Waals surface area contributed by atoms with Crippen LogP contribution in [0.25, 0.3) is 0 Å². The lowest BCUT2D eigenvalue weighted by molar-refractivity contribution is -0.161. The molecule has 12 nitrogen and oxygen atoms in total. The van der Waals surface area contributed by atoms with Gasteiger partial charge in [-0.15, -0.1) is 0 Å². The Bertz CT molecular complexity index is 1440. The van der Waals surface area contributed by atoms with Gasteiger partial charge < -0.3 is 30.3 Å². The maximum Gasteiger partial charge on any atom is 0.472 e. The first-order valence-electron chi connectivity index (χ1n) is 22.0. The van der Waals surface area contributed by atoms with Gasteiger partial charge in [0.2, 0.25) is 0 Å². The first kappa shape index (κ1) is 57.1. The monoisotopic (exact) mass is 874 g/mol. The molecule has 0 heterocycles. The highest BCUT2D eigenvalue weighted by Gasteiger charge is 2.28. The topological polar surface area (TPSA) is 192 Å². The number of phosphoric ester groups is 1. The van der Waals surface area contributed by atoms with E-state index < -0.39 is 57.7 Å². The Hall–Kier alpha value is -3.90. The molecule has 61 heavy (non-hydrogen) atoms. The van der Waals surface area contributed by atoms with Crippen molar-refractivity contribution in [2.24, 2.45) is 5.73 Å². The minimum atomic E-state index is -4.75. The highest BCUT2D eigenvalue weighted by Crippen LogP contribution is 2.43. The minimum absolute atomic E-state index is 0.0977. The van der Waals surface area contributed by atoms with Crippen molar-refractivity contribution in [3.05, 3.63) is 109 Å². The molecule has 0 aromatic carbocycles. The lowest BCUT2D eigenvalue weighted by Crippen LogP contribution is -2.34. The van der Waals surface area contributed by atoms with Gasteiger partial charge >= 0.3 is 25.7 Å². The number of hydrogen-bond acceptors (Lipinski definition) is 10. The van der Waals surface area contributed by atoms with Crippen LogP contribution < -0.4 is 5.73 Å². The predicted molar refractivity (Wildman–Crippen MR) is 246 cm³/mol. The van der Waals surface area contributed by atoms with Gasteiger partial charge in [-0.25, -0.2) is 4.57 Å². The summed E-state index contributed by atoms with van der Waals surface area (Å²) in [6.45, 7) is 0.580. The van der Waals surface area contributed by atoms with Crippen molar-refractivity contribution >= 4 is 25.7 Å². The van der Waals surface area contributed by atoms with E-state index in [1.54, 1.807) is 0 Å². The third-order valence-electron chi connectivity index (χ3n) is 8.56. The lowest BCUT2D eigenvalue weighted by atomic mass is 10.1. The van der Waals surface area contributed by atoms with Crippen LogP contribution in [0.15, 0.2) is 109 Å². The van der Waals surface area contributed by atoms with Gasteiger partial charge in [-0.3, -0.25) is 23.4 Å². The maximum atomic E-state index is 12.6. The lowest BCUT2D eigenvalue weighted by Gasteiger charge is -2.20. The molecule has 0 saturated heterocycles. The number of aliphatic carboxylic acids is 1. The molecule has 3 atom stereocenters. The van der Waals surface area contributed by atoms with Crippen LogP contribution in [0.3, 0.4) is 0 Å². The number of allylic oxidation sites excluding steroid dienone is 18. The summed E-state index contributed by atoms with van der Waals surface area (Å²) in [6.07, 6.45) is 53.1. The van der Waals surface area contributed by atoms with Gasteiger partial charge in [-0.2, -0.15) is 0 Å². The van der Waals surface area contributed by atoms with E-state index in [-0.39, 0.29) is 19.4 Å². The molecule has 0 radical (unpaired) electrons.